The molecule has 0 saturated carbocycles. The Morgan fingerprint density at radius 2 is 1.76 bits per heavy atom. The van der Waals surface area contributed by atoms with Crippen LogP contribution in [-0.2, 0) is 0 Å². The van der Waals surface area contributed by atoms with Gasteiger partial charge in [-0.25, -0.2) is 13.2 Å². The van der Waals surface area contributed by atoms with E-state index >= 15 is 0 Å². The van der Waals surface area contributed by atoms with Gasteiger partial charge in [0.15, 0.2) is 0 Å². The topological polar surface area (TPSA) is 12.0 Å². The Hall–Kier alpha value is -1.33. The van der Waals surface area contributed by atoms with Crippen molar-refractivity contribution in [3.63, 3.8) is 0 Å². The number of nitrogens with one attached hydrogen (secondary N) is 1. The van der Waals surface area contributed by atoms with Crippen LogP contribution in [0, 0.1) is 24.4 Å². The molecule has 0 saturated heterocycles. The SMILES string of the molecule is CCNC(c1ccc(F)c(Br)c1)c1cc(C)c(F)cc1F. The minimum atomic E-state index is -0.621. The zero-order valence-electron chi connectivity index (χ0n) is 11.7. The van der Waals surface area contributed by atoms with Crippen LogP contribution >= 0.6 is 15.9 Å². The maximum atomic E-state index is 14.1. The summed E-state index contributed by atoms with van der Waals surface area (Å²) in [5.41, 5.74) is 1.42. The molecule has 21 heavy (non-hydrogen) atoms. The predicted octanol–water partition coefficient (Wildman–Crippen LogP) is 4.87. The fourth-order valence-corrected chi connectivity index (χ4v) is 2.60. The van der Waals surface area contributed by atoms with Crippen molar-refractivity contribution in [2.75, 3.05) is 6.54 Å². The van der Waals surface area contributed by atoms with Gasteiger partial charge < -0.3 is 5.32 Å². The number of hydrogen-bond acceptors (Lipinski definition) is 1. The molecule has 0 spiro atoms. The first kappa shape index (κ1) is 16.0. The van der Waals surface area contributed by atoms with Gasteiger partial charge in [-0.2, -0.15) is 0 Å². The summed E-state index contributed by atoms with van der Waals surface area (Å²) >= 11 is 3.13. The Bertz CT molecular complexity index is 658. The maximum absolute atomic E-state index is 14.1. The van der Waals surface area contributed by atoms with E-state index in [1.165, 1.54) is 12.1 Å². The minimum Gasteiger partial charge on any atom is -0.306 e. The summed E-state index contributed by atoms with van der Waals surface area (Å²) in [5, 5.41) is 3.14. The van der Waals surface area contributed by atoms with Gasteiger partial charge in [0.1, 0.15) is 17.5 Å². The van der Waals surface area contributed by atoms with Gasteiger partial charge in [-0.3, -0.25) is 0 Å². The molecule has 1 nitrogen and oxygen atoms in total. The minimum absolute atomic E-state index is 0.308. The molecule has 0 radical (unpaired) electrons. The molecule has 2 rings (SSSR count). The number of rotatable bonds is 4. The van der Waals surface area contributed by atoms with Gasteiger partial charge in [-0.1, -0.05) is 13.0 Å². The molecule has 112 valence electrons. The lowest BCUT2D eigenvalue weighted by Crippen LogP contribution is -2.23. The van der Waals surface area contributed by atoms with Crippen molar-refractivity contribution in [3.05, 3.63) is 68.9 Å². The Labute approximate surface area is 130 Å². The lowest BCUT2D eigenvalue weighted by atomic mass is 9.96. The predicted molar refractivity (Wildman–Crippen MR) is 80.7 cm³/mol. The van der Waals surface area contributed by atoms with Crippen molar-refractivity contribution >= 4 is 15.9 Å². The van der Waals surface area contributed by atoms with Crippen LogP contribution in [0.1, 0.15) is 29.7 Å². The molecule has 0 aliphatic heterocycles. The molecule has 2 aromatic rings. The quantitative estimate of drug-likeness (QED) is 0.822. The summed E-state index contributed by atoms with van der Waals surface area (Å²) < 4.78 is 41.2. The van der Waals surface area contributed by atoms with Gasteiger partial charge in [-0.05, 0) is 58.7 Å². The molecule has 2 aromatic carbocycles. The number of aryl methyl sites for hydroxylation is 1. The lowest BCUT2D eigenvalue weighted by molar-refractivity contribution is 0.537. The Morgan fingerprint density at radius 3 is 2.38 bits per heavy atom. The first-order valence-corrected chi connectivity index (χ1v) is 7.37. The van der Waals surface area contributed by atoms with E-state index in [0.29, 0.717) is 27.7 Å². The normalized spacial score (nSPS) is 12.5. The fraction of sp³-hybridized carbons (Fsp3) is 0.250. The van der Waals surface area contributed by atoms with E-state index in [1.54, 1.807) is 19.1 Å². The van der Waals surface area contributed by atoms with Crippen molar-refractivity contribution in [2.24, 2.45) is 0 Å². The number of halogens is 4. The second-order valence-electron chi connectivity index (χ2n) is 4.79. The third-order valence-electron chi connectivity index (χ3n) is 3.27. The van der Waals surface area contributed by atoms with Crippen LogP contribution in [0.2, 0.25) is 0 Å². The zero-order chi connectivity index (χ0) is 15.6. The summed E-state index contributed by atoms with van der Waals surface area (Å²) in [6.45, 7) is 4.07. The number of benzene rings is 2. The van der Waals surface area contributed by atoms with Crippen molar-refractivity contribution in [1.29, 1.82) is 0 Å². The molecule has 1 N–H and O–H groups in total. The summed E-state index contributed by atoms with van der Waals surface area (Å²) in [6.07, 6.45) is 0. The molecule has 0 aromatic heterocycles. The molecular formula is C16H15BrF3N. The molecule has 0 aliphatic carbocycles. The van der Waals surface area contributed by atoms with E-state index in [0.717, 1.165) is 6.07 Å². The molecule has 0 aliphatic rings. The second-order valence-corrected chi connectivity index (χ2v) is 5.64. The van der Waals surface area contributed by atoms with Gasteiger partial charge in [0.25, 0.3) is 0 Å². The Morgan fingerprint density at radius 1 is 1.05 bits per heavy atom. The molecule has 0 amide bonds. The molecule has 1 atom stereocenters. The van der Waals surface area contributed by atoms with E-state index in [1.807, 2.05) is 6.92 Å². The smallest absolute Gasteiger partial charge is 0.137 e. The van der Waals surface area contributed by atoms with Crippen molar-refractivity contribution < 1.29 is 13.2 Å². The van der Waals surface area contributed by atoms with Gasteiger partial charge in [0.2, 0.25) is 0 Å². The highest BCUT2D eigenvalue weighted by molar-refractivity contribution is 9.10. The second kappa shape index (κ2) is 6.62. The monoisotopic (exact) mass is 357 g/mol. The van der Waals surface area contributed by atoms with E-state index in [2.05, 4.69) is 21.2 Å². The molecule has 1 unspecified atom stereocenters. The van der Waals surface area contributed by atoms with Crippen LogP contribution in [0.5, 0.6) is 0 Å². The van der Waals surface area contributed by atoms with Crippen LogP contribution in [0.25, 0.3) is 0 Å². The molecule has 0 fully saturated rings. The Balaban J connectivity index is 2.52. The lowest BCUT2D eigenvalue weighted by Gasteiger charge is -2.20. The molecular weight excluding hydrogens is 343 g/mol. The van der Waals surface area contributed by atoms with Crippen molar-refractivity contribution in [1.82, 2.24) is 5.32 Å². The first-order valence-electron chi connectivity index (χ1n) is 6.58. The highest BCUT2D eigenvalue weighted by Crippen LogP contribution is 2.29. The highest BCUT2D eigenvalue weighted by Gasteiger charge is 2.19. The molecule has 0 bridgehead atoms. The van der Waals surface area contributed by atoms with Gasteiger partial charge >= 0.3 is 0 Å². The summed E-state index contributed by atoms with van der Waals surface area (Å²) in [4.78, 5) is 0. The highest BCUT2D eigenvalue weighted by atomic mass is 79.9. The van der Waals surface area contributed by atoms with Crippen LogP contribution in [0.15, 0.2) is 34.8 Å². The summed E-state index contributed by atoms with van der Waals surface area (Å²) in [7, 11) is 0. The van der Waals surface area contributed by atoms with Crippen LogP contribution < -0.4 is 5.32 Å². The third-order valence-corrected chi connectivity index (χ3v) is 3.88. The van der Waals surface area contributed by atoms with E-state index in [-0.39, 0.29) is 5.82 Å². The number of hydrogen-bond donors (Lipinski definition) is 1. The van der Waals surface area contributed by atoms with Crippen LogP contribution in [0.4, 0.5) is 13.2 Å². The van der Waals surface area contributed by atoms with E-state index in [9.17, 15) is 13.2 Å². The van der Waals surface area contributed by atoms with Crippen molar-refractivity contribution in [2.45, 2.75) is 19.9 Å². The molecule has 5 heteroatoms. The average Bonchev–Trinajstić information content (AvgIpc) is 2.44. The standard InChI is InChI=1S/C16H15BrF3N/c1-3-21-16(10-4-5-13(18)12(17)7-10)11-6-9(2)14(19)8-15(11)20/h4-8,16,21H,3H2,1-2H3. The van der Waals surface area contributed by atoms with E-state index < -0.39 is 17.7 Å². The largest absolute Gasteiger partial charge is 0.306 e. The van der Waals surface area contributed by atoms with Crippen LogP contribution in [-0.4, -0.2) is 6.54 Å². The van der Waals surface area contributed by atoms with E-state index in [4.69, 9.17) is 0 Å². The third kappa shape index (κ3) is 3.47. The van der Waals surface area contributed by atoms with Crippen LogP contribution in [0.3, 0.4) is 0 Å². The average molecular weight is 358 g/mol. The summed E-state index contributed by atoms with van der Waals surface area (Å²) in [5.74, 6) is -1.58. The summed E-state index contributed by atoms with van der Waals surface area (Å²) in [6, 6.07) is 6.40. The fourth-order valence-electron chi connectivity index (χ4n) is 2.20. The van der Waals surface area contributed by atoms with Crippen molar-refractivity contribution in [3.8, 4) is 0 Å². The zero-order valence-corrected chi connectivity index (χ0v) is 13.3. The first-order chi connectivity index (χ1) is 9.93. The Kier molecular flexibility index (Phi) is 5.06. The molecule has 0 heterocycles. The maximum Gasteiger partial charge on any atom is 0.137 e. The van der Waals surface area contributed by atoms with Gasteiger partial charge in [0.05, 0.1) is 10.5 Å². The van der Waals surface area contributed by atoms with Gasteiger partial charge in [0, 0.05) is 11.6 Å². The van der Waals surface area contributed by atoms with Gasteiger partial charge in [-0.15, -0.1) is 0 Å².